The van der Waals surface area contributed by atoms with Gasteiger partial charge in [0.05, 0.1) is 24.0 Å². The summed E-state index contributed by atoms with van der Waals surface area (Å²) in [5.41, 5.74) is 2.58. The second kappa shape index (κ2) is 9.98. The van der Waals surface area contributed by atoms with Gasteiger partial charge in [-0.15, -0.1) is 0 Å². The second-order valence-electron chi connectivity index (χ2n) is 7.14. The number of carbonyl (C=O) groups excluding carboxylic acids is 1. The molecular formula is C21H24NO6S-. The number of benzene rings is 2. The molecule has 1 amide bonds. The first-order valence-corrected chi connectivity index (χ1v) is 10.4. The van der Waals surface area contributed by atoms with Crippen LogP contribution in [0.2, 0.25) is 0 Å². The van der Waals surface area contributed by atoms with E-state index in [0.717, 1.165) is 11.1 Å². The highest BCUT2D eigenvalue weighted by Gasteiger charge is 2.37. The van der Waals surface area contributed by atoms with E-state index in [0.29, 0.717) is 18.5 Å². The van der Waals surface area contributed by atoms with Crippen LogP contribution in [0.15, 0.2) is 54.6 Å². The fraction of sp³-hybridized carbons (Fsp3) is 0.381. The standard InChI is InChI=1S/C21H25NO6S/c1-15-7-9-17(10-8-15)20(28-29(25)26)18-11-12-22(13-19(18)23)21(24)27-14-16-5-3-2-4-6-16/h2-10,18-20,23H,11-14H2,1H3,(H,25,26)/p-1. The number of β-amino-alcohol motifs (C(OH)–C–C–N with tert-alkyl or cyclic N) is 1. The van der Waals surface area contributed by atoms with Gasteiger partial charge in [-0.3, -0.25) is 4.18 Å². The molecule has 8 heteroatoms. The maximum Gasteiger partial charge on any atom is 0.410 e. The molecule has 29 heavy (non-hydrogen) atoms. The molecule has 0 aromatic heterocycles. The Kier molecular flexibility index (Phi) is 7.38. The Hall–Kier alpha value is -2.26. The van der Waals surface area contributed by atoms with E-state index in [4.69, 9.17) is 8.92 Å². The molecule has 2 aromatic rings. The van der Waals surface area contributed by atoms with Crippen molar-refractivity contribution in [1.82, 2.24) is 4.90 Å². The second-order valence-corrected chi connectivity index (χ2v) is 7.74. The molecule has 1 heterocycles. The van der Waals surface area contributed by atoms with Gasteiger partial charge in [0, 0.05) is 12.5 Å². The topological polar surface area (TPSA) is 99.1 Å². The number of carbonyl (C=O) groups is 1. The van der Waals surface area contributed by atoms with Crippen LogP contribution in [-0.2, 0) is 26.9 Å². The van der Waals surface area contributed by atoms with Gasteiger partial charge >= 0.3 is 6.09 Å². The first kappa shape index (κ1) is 21.4. The third-order valence-corrected chi connectivity index (χ3v) is 5.44. The van der Waals surface area contributed by atoms with E-state index >= 15 is 0 Å². The first-order valence-electron chi connectivity index (χ1n) is 9.40. The zero-order valence-corrected chi connectivity index (χ0v) is 16.9. The molecular weight excluding hydrogens is 394 g/mol. The summed E-state index contributed by atoms with van der Waals surface area (Å²) in [6.45, 7) is 2.47. The third kappa shape index (κ3) is 5.86. The van der Waals surface area contributed by atoms with Gasteiger partial charge < -0.3 is 19.3 Å². The summed E-state index contributed by atoms with van der Waals surface area (Å²) < 4.78 is 32.8. The van der Waals surface area contributed by atoms with Gasteiger partial charge in [0.1, 0.15) is 12.7 Å². The van der Waals surface area contributed by atoms with E-state index in [1.165, 1.54) is 4.90 Å². The van der Waals surface area contributed by atoms with Crippen molar-refractivity contribution < 1.29 is 27.6 Å². The van der Waals surface area contributed by atoms with Crippen LogP contribution in [-0.4, -0.2) is 44.1 Å². The number of rotatable bonds is 6. The monoisotopic (exact) mass is 418 g/mol. The van der Waals surface area contributed by atoms with Crippen LogP contribution in [0.1, 0.15) is 29.2 Å². The van der Waals surface area contributed by atoms with Crippen molar-refractivity contribution in [3.8, 4) is 0 Å². The molecule has 4 unspecified atom stereocenters. The number of amides is 1. The van der Waals surface area contributed by atoms with Crippen LogP contribution in [0.3, 0.4) is 0 Å². The Bertz CT molecular complexity index is 829. The molecule has 1 aliphatic heterocycles. The maximum atomic E-state index is 12.3. The quantitative estimate of drug-likeness (QED) is 0.724. The molecule has 1 saturated heterocycles. The van der Waals surface area contributed by atoms with Gasteiger partial charge in [-0.25, -0.2) is 9.00 Å². The van der Waals surface area contributed by atoms with E-state index in [1.807, 2.05) is 49.4 Å². The number of hydrogen-bond acceptors (Lipinski definition) is 6. The van der Waals surface area contributed by atoms with Crippen molar-refractivity contribution in [3.05, 3.63) is 71.3 Å². The molecule has 2 aromatic carbocycles. The van der Waals surface area contributed by atoms with Gasteiger partial charge in [-0.2, -0.15) is 0 Å². The van der Waals surface area contributed by atoms with Crippen LogP contribution in [0.4, 0.5) is 4.79 Å². The number of ether oxygens (including phenoxy) is 1. The number of piperidine rings is 1. The van der Waals surface area contributed by atoms with Crippen LogP contribution in [0, 0.1) is 12.8 Å². The van der Waals surface area contributed by atoms with Crippen molar-refractivity contribution in [2.45, 2.75) is 32.2 Å². The lowest BCUT2D eigenvalue weighted by molar-refractivity contribution is -0.0295. The zero-order chi connectivity index (χ0) is 20.8. The summed E-state index contributed by atoms with van der Waals surface area (Å²) in [6.07, 6.45) is -1.88. The predicted octanol–water partition coefficient (Wildman–Crippen LogP) is 2.87. The van der Waals surface area contributed by atoms with Gasteiger partial charge in [0.15, 0.2) is 0 Å². The smallest absolute Gasteiger partial charge is 0.410 e. The summed E-state index contributed by atoms with van der Waals surface area (Å²) in [4.78, 5) is 13.8. The van der Waals surface area contributed by atoms with Crippen LogP contribution in [0.5, 0.6) is 0 Å². The molecule has 3 rings (SSSR count). The minimum absolute atomic E-state index is 0.0511. The molecule has 0 saturated carbocycles. The molecule has 7 nitrogen and oxygen atoms in total. The number of aliphatic hydroxyl groups excluding tert-OH is 1. The Morgan fingerprint density at radius 2 is 1.93 bits per heavy atom. The van der Waals surface area contributed by atoms with E-state index in [-0.39, 0.29) is 13.2 Å². The van der Waals surface area contributed by atoms with Crippen LogP contribution >= 0.6 is 0 Å². The van der Waals surface area contributed by atoms with E-state index in [1.54, 1.807) is 12.1 Å². The van der Waals surface area contributed by atoms with Crippen molar-refractivity contribution in [2.24, 2.45) is 5.92 Å². The molecule has 0 aliphatic carbocycles. The zero-order valence-electron chi connectivity index (χ0n) is 16.1. The van der Waals surface area contributed by atoms with Crippen molar-refractivity contribution >= 4 is 17.5 Å². The number of likely N-dealkylation sites (tertiary alicyclic amines) is 1. The van der Waals surface area contributed by atoms with Crippen LogP contribution in [0.25, 0.3) is 0 Å². The Morgan fingerprint density at radius 1 is 1.24 bits per heavy atom. The Morgan fingerprint density at radius 3 is 2.55 bits per heavy atom. The fourth-order valence-corrected chi connectivity index (χ4v) is 3.92. The fourth-order valence-electron chi connectivity index (χ4n) is 3.49. The number of hydrogen-bond donors (Lipinski definition) is 1. The summed E-state index contributed by atoms with van der Waals surface area (Å²) in [7, 11) is 0. The largest absolute Gasteiger partial charge is 0.750 e. The van der Waals surface area contributed by atoms with Crippen molar-refractivity contribution in [1.29, 1.82) is 0 Å². The number of nitrogens with zero attached hydrogens (tertiary/aromatic N) is 1. The predicted molar refractivity (Wildman–Crippen MR) is 106 cm³/mol. The number of aryl methyl sites for hydroxylation is 1. The van der Waals surface area contributed by atoms with Crippen molar-refractivity contribution in [2.75, 3.05) is 13.1 Å². The third-order valence-electron chi connectivity index (χ3n) is 5.07. The molecule has 1 N–H and O–H groups in total. The summed E-state index contributed by atoms with van der Waals surface area (Å²) >= 11 is -2.73. The van der Waals surface area contributed by atoms with E-state index in [2.05, 4.69) is 0 Å². The summed E-state index contributed by atoms with van der Waals surface area (Å²) in [5.74, 6) is -0.464. The lowest BCUT2D eigenvalue weighted by Crippen LogP contribution is -2.48. The van der Waals surface area contributed by atoms with E-state index < -0.39 is 35.6 Å². The van der Waals surface area contributed by atoms with Gasteiger partial charge in [-0.05, 0) is 24.5 Å². The molecule has 156 valence electrons. The average molecular weight is 418 g/mol. The Labute approximate surface area is 172 Å². The highest BCUT2D eigenvalue weighted by atomic mass is 32.2. The number of aliphatic hydroxyl groups is 1. The van der Waals surface area contributed by atoms with Gasteiger partial charge in [0.2, 0.25) is 0 Å². The summed E-state index contributed by atoms with van der Waals surface area (Å²) in [5, 5.41) is 10.6. The lowest BCUT2D eigenvalue weighted by atomic mass is 9.85. The molecule has 0 spiro atoms. The Balaban J connectivity index is 1.63. The van der Waals surface area contributed by atoms with Crippen molar-refractivity contribution in [3.63, 3.8) is 0 Å². The lowest BCUT2D eigenvalue weighted by Gasteiger charge is -2.39. The normalized spacial score (nSPS) is 21.4. The average Bonchev–Trinajstić information content (AvgIpc) is 2.72. The minimum atomic E-state index is -2.73. The van der Waals surface area contributed by atoms with Gasteiger partial charge in [-0.1, -0.05) is 60.2 Å². The highest BCUT2D eigenvalue weighted by Crippen LogP contribution is 2.35. The first-order chi connectivity index (χ1) is 13.9. The van der Waals surface area contributed by atoms with Gasteiger partial charge in [0.25, 0.3) is 0 Å². The highest BCUT2D eigenvalue weighted by molar-refractivity contribution is 7.74. The molecule has 4 atom stereocenters. The molecule has 0 bridgehead atoms. The SMILES string of the molecule is Cc1ccc(C(OS(=O)[O-])C2CCN(C(=O)OCc3ccccc3)CC2O)cc1. The molecule has 0 radical (unpaired) electrons. The van der Waals surface area contributed by atoms with Crippen LogP contribution < -0.4 is 0 Å². The minimum Gasteiger partial charge on any atom is -0.750 e. The molecule has 1 aliphatic rings. The molecule has 1 fully saturated rings. The van der Waals surface area contributed by atoms with E-state index in [9.17, 15) is 18.7 Å². The summed E-state index contributed by atoms with van der Waals surface area (Å²) in [6, 6.07) is 16.6. The maximum absolute atomic E-state index is 12.3.